The van der Waals surface area contributed by atoms with Crippen LogP contribution in [0.4, 0.5) is 0 Å². The normalized spacial score (nSPS) is 11.9. The predicted molar refractivity (Wildman–Crippen MR) is 401 cm³/mol. The molecule has 450 valence electrons. The highest BCUT2D eigenvalue weighted by atomic mass is 16.3. The van der Waals surface area contributed by atoms with Crippen molar-refractivity contribution in [1.82, 2.24) is 23.3 Å². The lowest BCUT2D eigenvalue weighted by molar-refractivity contribution is 0.668. The van der Waals surface area contributed by atoms with Crippen molar-refractivity contribution in [2.24, 2.45) is 0 Å². The molecule has 0 spiro atoms. The summed E-state index contributed by atoms with van der Waals surface area (Å²) in [7, 11) is 0. The molecule has 0 saturated carbocycles. The maximum atomic E-state index is 13.7. The molecule has 0 fully saturated rings. The van der Waals surface area contributed by atoms with E-state index in [0.29, 0.717) is 28.1 Å². The van der Waals surface area contributed by atoms with E-state index in [2.05, 4.69) is 334 Å². The largest absolute Gasteiger partial charge is 0.454 e. The van der Waals surface area contributed by atoms with Gasteiger partial charge < -0.3 is 22.7 Å². The van der Waals surface area contributed by atoms with Crippen molar-refractivity contribution in [3.63, 3.8) is 0 Å². The summed E-state index contributed by atoms with van der Waals surface area (Å²) in [5.41, 5.74) is 23.7. The van der Waals surface area contributed by atoms with E-state index >= 15 is 0 Å². The maximum absolute atomic E-state index is 13.7. The summed E-state index contributed by atoms with van der Waals surface area (Å²) in [5.74, 6) is 0. The fourth-order valence-corrected chi connectivity index (χ4v) is 16.3. The Morgan fingerprint density at radius 1 is 0.258 bits per heavy atom. The lowest BCUT2D eigenvalue weighted by Gasteiger charge is -2.29. The van der Waals surface area contributed by atoms with Crippen LogP contribution >= 0.6 is 0 Å². The van der Waals surface area contributed by atoms with E-state index < -0.39 is 0 Å². The van der Waals surface area contributed by atoms with Gasteiger partial charge in [-0.15, -0.1) is 0 Å². The van der Waals surface area contributed by atoms with Crippen LogP contribution in [0.25, 0.3) is 188 Å². The first-order valence-electron chi connectivity index (χ1n) is 32.9. The Bertz CT molecular complexity index is 6340. The minimum Gasteiger partial charge on any atom is -0.454 e. The minimum atomic E-state index is 0.465. The molecule has 0 amide bonds. The number of nitriles is 1. The van der Waals surface area contributed by atoms with Gasteiger partial charge in [0, 0.05) is 54.9 Å². The van der Waals surface area contributed by atoms with Crippen molar-refractivity contribution in [2.75, 3.05) is 0 Å². The number of para-hydroxylation sites is 4. The highest BCUT2D eigenvalue weighted by Gasteiger charge is 2.37. The third-order valence-corrected chi connectivity index (χ3v) is 20.1. The number of fused-ring (bicyclic) bond motifs is 15. The Morgan fingerprint density at radius 3 is 0.918 bits per heavy atom. The van der Waals surface area contributed by atoms with Crippen LogP contribution in [0.3, 0.4) is 0 Å². The van der Waals surface area contributed by atoms with Gasteiger partial charge in [0.05, 0.1) is 72.3 Å². The summed E-state index contributed by atoms with van der Waals surface area (Å²) < 4.78 is 16.9. The van der Waals surface area contributed by atoms with Gasteiger partial charge >= 0.3 is 0 Å². The van der Waals surface area contributed by atoms with E-state index in [1.54, 1.807) is 0 Å². The van der Waals surface area contributed by atoms with E-state index in [4.69, 9.17) is 9.40 Å². The number of hydrogen-bond donors (Lipinski definition) is 0. The van der Waals surface area contributed by atoms with Crippen LogP contribution in [0.5, 0.6) is 0 Å². The van der Waals surface area contributed by atoms with Gasteiger partial charge in [-0.2, -0.15) is 5.26 Å². The van der Waals surface area contributed by atoms with Gasteiger partial charge in [0.2, 0.25) is 0 Å². The van der Waals surface area contributed by atoms with E-state index in [1.807, 2.05) is 18.3 Å². The van der Waals surface area contributed by atoms with E-state index in [9.17, 15) is 5.26 Å². The highest BCUT2D eigenvalue weighted by molar-refractivity contribution is 6.24. The smallest absolute Gasteiger partial charge is 0.153 e. The van der Waals surface area contributed by atoms with Crippen LogP contribution in [0, 0.1) is 11.3 Å². The summed E-state index contributed by atoms with van der Waals surface area (Å²) in [6.07, 6.45) is 1.87. The third kappa shape index (κ3) is 7.87. The molecular weight excluding hydrogens is 1180 g/mol. The summed E-state index contributed by atoms with van der Waals surface area (Å²) in [6, 6.07) is 119. The van der Waals surface area contributed by atoms with Gasteiger partial charge in [-0.25, -0.2) is 0 Å². The second-order valence-electron chi connectivity index (χ2n) is 25.1. The molecule has 0 radical (unpaired) electrons. The molecule has 6 aromatic heterocycles. The summed E-state index contributed by atoms with van der Waals surface area (Å²) in [4.78, 5) is 5.28. The molecule has 0 atom stereocenters. The highest BCUT2D eigenvalue weighted by Crippen LogP contribution is 2.55. The first-order valence-corrected chi connectivity index (χ1v) is 32.9. The molecule has 14 aromatic carbocycles. The monoisotopic (exact) mass is 1230 g/mol. The third-order valence-electron chi connectivity index (χ3n) is 20.1. The summed E-state index contributed by atoms with van der Waals surface area (Å²) in [6.45, 7) is 0. The van der Waals surface area contributed by atoms with Crippen molar-refractivity contribution in [3.8, 4) is 84.5 Å². The van der Waals surface area contributed by atoms with Crippen LogP contribution in [0.1, 0.15) is 5.56 Å². The molecule has 97 heavy (non-hydrogen) atoms. The van der Waals surface area contributed by atoms with Gasteiger partial charge in [0.15, 0.2) is 5.58 Å². The van der Waals surface area contributed by atoms with Gasteiger partial charge in [0.25, 0.3) is 0 Å². The van der Waals surface area contributed by atoms with Crippen molar-refractivity contribution < 1.29 is 4.42 Å². The van der Waals surface area contributed by atoms with Crippen LogP contribution in [-0.4, -0.2) is 23.3 Å². The Hall–Kier alpha value is -13.3. The Balaban J connectivity index is 1.13. The topological polar surface area (TPSA) is 69.5 Å². The molecule has 0 aliphatic rings. The summed E-state index contributed by atoms with van der Waals surface area (Å²) >= 11 is 0. The summed E-state index contributed by atoms with van der Waals surface area (Å²) in [5, 5.41) is 23.1. The Labute approximate surface area is 556 Å². The zero-order valence-electron chi connectivity index (χ0n) is 52.3. The van der Waals surface area contributed by atoms with Gasteiger partial charge in [-0.05, 0) is 117 Å². The van der Waals surface area contributed by atoms with Gasteiger partial charge in [-0.1, -0.05) is 255 Å². The van der Waals surface area contributed by atoms with Crippen molar-refractivity contribution in [3.05, 3.63) is 333 Å². The van der Waals surface area contributed by atoms with Crippen molar-refractivity contribution >= 4 is 109 Å². The van der Waals surface area contributed by atoms with Crippen LogP contribution in [0.15, 0.2) is 332 Å². The number of benzene rings is 14. The lowest BCUT2D eigenvalue weighted by Crippen LogP contribution is -2.16. The number of aromatic nitrogens is 5. The zero-order chi connectivity index (χ0) is 63.8. The van der Waals surface area contributed by atoms with Crippen molar-refractivity contribution in [1.29, 1.82) is 5.26 Å². The van der Waals surface area contributed by atoms with E-state index in [-0.39, 0.29) is 0 Å². The van der Waals surface area contributed by atoms with Crippen LogP contribution in [-0.2, 0) is 0 Å². The number of furan rings is 1. The standard InChI is InChI=1S/C90H54N6O/c91-55-69-87(93-70-44-17-13-35-64(70)80-60(39-21-48-74(80)93)56-27-5-1-6-28-56)89(95-72-46-19-15-37-66(72)82-62(41-23-50-76(82)95)58-31-9-3-10-32-58)85(68-43-25-52-78-84(68)86-79(97-78)53-26-54-92-86)90(96-73-47-20-16-38-67(73)83-63(42-24-51-77(83)96)59-33-11-4-12-34-59)88(69)94-71-45-18-14-36-65(71)81-61(40-22-49-75(81)94)57-29-7-2-8-30-57/h1-54H. The minimum absolute atomic E-state index is 0.465. The number of hydrogen-bond acceptors (Lipinski definition) is 3. The number of pyridine rings is 1. The van der Waals surface area contributed by atoms with Gasteiger partial charge in [-0.3, -0.25) is 4.98 Å². The SMILES string of the molecule is N#Cc1c(-n2c3ccccc3c3c(-c4ccccc4)cccc32)c(-n2c3ccccc3c3c(-c4ccccc4)cccc32)c(-c2cccc3oc4cccnc4c23)c(-n2c3ccccc3c3c(-c4ccccc4)cccc32)c1-n1c2ccccc2c2c(-c3ccccc3)cccc21. The molecule has 7 nitrogen and oxygen atoms in total. The molecule has 0 unspecified atom stereocenters. The molecule has 20 rings (SSSR count). The fourth-order valence-electron chi connectivity index (χ4n) is 16.3. The average molecular weight is 1240 g/mol. The van der Waals surface area contributed by atoms with E-state index in [0.717, 1.165) is 165 Å². The molecular formula is C90H54N6O. The molecule has 7 heteroatoms. The zero-order valence-corrected chi connectivity index (χ0v) is 52.3. The lowest BCUT2D eigenvalue weighted by atomic mass is 9.91. The number of nitrogens with zero attached hydrogens (tertiary/aromatic N) is 6. The second-order valence-corrected chi connectivity index (χ2v) is 25.1. The van der Waals surface area contributed by atoms with E-state index in [1.165, 1.54) is 0 Å². The van der Waals surface area contributed by atoms with Crippen molar-refractivity contribution in [2.45, 2.75) is 0 Å². The fraction of sp³-hybridized carbons (Fsp3) is 0. The second kappa shape index (κ2) is 21.4. The van der Waals surface area contributed by atoms with Crippen LogP contribution in [0.2, 0.25) is 0 Å². The maximum Gasteiger partial charge on any atom is 0.153 e. The first kappa shape index (κ1) is 54.3. The Morgan fingerprint density at radius 2 is 0.557 bits per heavy atom. The predicted octanol–water partition coefficient (Wildman–Crippen LogP) is 23.6. The quantitative estimate of drug-likeness (QED) is 0.145. The Kier molecular flexibility index (Phi) is 12.0. The molecule has 0 aliphatic heterocycles. The molecule has 0 saturated heterocycles. The van der Waals surface area contributed by atoms with Crippen LogP contribution < -0.4 is 0 Å². The number of rotatable bonds is 9. The first-order chi connectivity index (χ1) is 48.2. The molecule has 0 bridgehead atoms. The molecule has 0 N–H and O–H groups in total. The molecule has 20 aromatic rings. The molecule has 0 aliphatic carbocycles. The average Bonchev–Trinajstić information content (AvgIpc) is 1.57. The van der Waals surface area contributed by atoms with Gasteiger partial charge in [0.1, 0.15) is 22.7 Å². The molecule has 6 heterocycles.